The Bertz CT molecular complexity index is 489. The maximum atomic E-state index is 5.50. The average molecular weight is 262 g/mol. The van der Waals surface area contributed by atoms with Crippen molar-refractivity contribution in [2.75, 3.05) is 20.6 Å². The Hall–Kier alpha value is -1.59. The van der Waals surface area contributed by atoms with Crippen LogP contribution in [0.5, 0.6) is 0 Å². The van der Waals surface area contributed by atoms with Crippen LogP contribution in [0.15, 0.2) is 35.2 Å². The highest BCUT2D eigenvalue weighted by Gasteiger charge is 2.18. The SMILES string of the molecule is CC(NCC(c1ccco1)N(C)C)c1cnn(C)c1. The van der Waals surface area contributed by atoms with E-state index in [1.54, 1.807) is 6.26 Å². The van der Waals surface area contributed by atoms with Crippen LogP contribution in [0.4, 0.5) is 0 Å². The van der Waals surface area contributed by atoms with Gasteiger partial charge < -0.3 is 9.73 Å². The standard InChI is InChI=1S/C14H22N4O/c1-11(12-8-16-18(4)10-12)15-9-13(17(2)3)14-6-5-7-19-14/h5-8,10-11,13,15H,9H2,1-4H3. The predicted molar refractivity (Wildman–Crippen MR) is 74.8 cm³/mol. The molecule has 5 heteroatoms. The number of hydrogen-bond acceptors (Lipinski definition) is 4. The lowest BCUT2D eigenvalue weighted by molar-refractivity contribution is 0.245. The molecule has 0 aromatic carbocycles. The molecule has 2 unspecified atom stereocenters. The maximum Gasteiger partial charge on any atom is 0.122 e. The van der Waals surface area contributed by atoms with Crippen molar-refractivity contribution < 1.29 is 4.42 Å². The first kappa shape index (κ1) is 13.8. The van der Waals surface area contributed by atoms with E-state index >= 15 is 0 Å². The predicted octanol–water partition coefficient (Wildman–Crippen LogP) is 1.97. The third-order valence-corrected chi connectivity index (χ3v) is 3.34. The van der Waals surface area contributed by atoms with Gasteiger partial charge in [-0.05, 0) is 33.2 Å². The highest BCUT2D eigenvalue weighted by atomic mass is 16.3. The van der Waals surface area contributed by atoms with Crippen LogP contribution < -0.4 is 5.32 Å². The summed E-state index contributed by atoms with van der Waals surface area (Å²) < 4.78 is 7.32. The molecular formula is C14H22N4O. The molecule has 0 saturated heterocycles. The summed E-state index contributed by atoms with van der Waals surface area (Å²) in [5, 5.41) is 7.72. The third-order valence-electron chi connectivity index (χ3n) is 3.34. The molecule has 0 fully saturated rings. The normalized spacial score (nSPS) is 14.8. The third kappa shape index (κ3) is 3.45. The van der Waals surface area contributed by atoms with E-state index < -0.39 is 0 Å². The maximum absolute atomic E-state index is 5.50. The monoisotopic (exact) mass is 262 g/mol. The fraction of sp³-hybridized carbons (Fsp3) is 0.500. The van der Waals surface area contributed by atoms with Crippen LogP contribution in [0.1, 0.15) is 30.3 Å². The van der Waals surface area contributed by atoms with Crippen molar-refractivity contribution >= 4 is 0 Å². The average Bonchev–Trinajstić information content (AvgIpc) is 3.00. The van der Waals surface area contributed by atoms with Gasteiger partial charge in [-0.25, -0.2) is 0 Å². The molecule has 0 aliphatic rings. The fourth-order valence-electron chi connectivity index (χ4n) is 2.09. The van der Waals surface area contributed by atoms with Crippen LogP contribution in [-0.2, 0) is 7.05 Å². The Morgan fingerprint density at radius 1 is 1.47 bits per heavy atom. The summed E-state index contributed by atoms with van der Waals surface area (Å²) in [5.41, 5.74) is 1.19. The van der Waals surface area contributed by atoms with E-state index in [9.17, 15) is 0 Å². The first-order chi connectivity index (χ1) is 9.08. The zero-order chi connectivity index (χ0) is 13.8. The minimum atomic E-state index is 0.231. The summed E-state index contributed by atoms with van der Waals surface area (Å²) in [5.74, 6) is 0.982. The number of nitrogens with one attached hydrogen (secondary N) is 1. The number of furan rings is 1. The van der Waals surface area contributed by atoms with Crippen LogP contribution in [0.25, 0.3) is 0 Å². The van der Waals surface area contributed by atoms with Crippen LogP contribution in [0.2, 0.25) is 0 Å². The van der Waals surface area contributed by atoms with Crippen molar-refractivity contribution in [1.29, 1.82) is 0 Å². The largest absolute Gasteiger partial charge is 0.468 e. The second-order valence-corrected chi connectivity index (χ2v) is 5.07. The molecule has 0 spiro atoms. The molecule has 0 amide bonds. The lowest BCUT2D eigenvalue weighted by atomic mass is 10.1. The molecule has 2 rings (SSSR count). The number of aromatic nitrogens is 2. The Kier molecular flexibility index (Phi) is 4.39. The lowest BCUT2D eigenvalue weighted by Gasteiger charge is -2.24. The summed E-state index contributed by atoms with van der Waals surface area (Å²) in [6.07, 6.45) is 5.65. The number of likely N-dealkylation sites (N-methyl/N-ethyl adjacent to an activating group) is 1. The zero-order valence-corrected chi connectivity index (χ0v) is 12.0. The van der Waals surface area contributed by atoms with Gasteiger partial charge in [0.05, 0.1) is 18.5 Å². The van der Waals surface area contributed by atoms with Gasteiger partial charge >= 0.3 is 0 Å². The van der Waals surface area contributed by atoms with Crippen molar-refractivity contribution in [3.8, 4) is 0 Å². The van der Waals surface area contributed by atoms with Gasteiger partial charge in [0.2, 0.25) is 0 Å². The molecule has 2 aromatic heterocycles. The molecule has 0 saturated carbocycles. The first-order valence-electron chi connectivity index (χ1n) is 6.49. The molecule has 104 valence electrons. The van der Waals surface area contributed by atoms with Crippen molar-refractivity contribution in [3.63, 3.8) is 0 Å². The van der Waals surface area contributed by atoms with E-state index in [1.807, 2.05) is 36.3 Å². The second kappa shape index (κ2) is 6.04. The summed E-state index contributed by atoms with van der Waals surface area (Å²) >= 11 is 0. The molecule has 2 aromatic rings. The first-order valence-corrected chi connectivity index (χ1v) is 6.49. The molecule has 0 bridgehead atoms. The highest BCUT2D eigenvalue weighted by Crippen LogP contribution is 2.19. The fourth-order valence-corrected chi connectivity index (χ4v) is 2.09. The number of hydrogen-bond donors (Lipinski definition) is 1. The van der Waals surface area contributed by atoms with Gasteiger partial charge in [-0.1, -0.05) is 0 Å². The van der Waals surface area contributed by atoms with E-state index in [2.05, 4.69) is 36.3 Å². The molecule has 0 aliphatic carbocycles. The number of aryl methyl sites for hydroxylation is 1. The minimum Gasteiger partial charge on any atom is -0.468 e. The molecule has 0 radical (unpaired) electrons. The van der Waals surface area contributed by atoms with E-state index in [4.69, 9.17) is 4.42 Å². The van der Waals surface area contributed by atoms with Gasteiger partial charge in [-0.2, -0.15) is 5.10 Å². The summed E-state index contributed by atoms with van der Waals surface area (Å²) in [6, 6.07) is 4.44. The van der Waals surface area contributed by atoms with Gasteiger partial charge in [0.25, 0.3) is 0 Å². The van der Waals surface area contributed by atoms with Crippen molar-refractivity contribution in [2.24, 2.45) is 7.05 Å². The van der Waals surface area contributed by atoms with Crippen LogP contribution >= 0.6 is 0 Å². The topological polar surface area (TPSA) is 46.2 Å². The molecule has 1 N–H and O–H groups in total. The van der Waals surface area contributed by atoms with E-state index in [0.717, 1.165) is 12.3 Å². The van der Waals surface area contributed by atoms with Crippen molar-refractivity contribution in [1.82, 2.24) is 20.0 Å². The van der Waals surface area contributed by atoms with E-state index in [1.165, 1.54) is 5.56 Å². The zero-order valence-electron chi connectivity index (χ0n) is 12.0. The molecular weight excluding hydrogens is 240 g/mol. The minimum absolute atomic E-state index is 0.231. The van der Waals surface area contributed by atoms with Gasteiger partial charge in [0.15, 0.2) is 0 Å². The van der Waals surface area contributed by atoms with Gasteiger partial charge in [-0.3, -0.25) is 9.58 Å². The number of nitrogens with zero attached hydrogens (tertiary/aromatic N) is 3. The smallest absolute Gasteiger partial charge is 0.122 e. The number of rotatable bonds is 6. The summed E-state index contributed by atoms with van der Waals surface area (Å²) in [6.45, 7) is 2.97. The van der Waals surface area contributed by atoms with Gasteiger partial charge in [-0.15, -0.1) is 0 Å². The Morgan fingerprint density at radius 3 is 2.79 bits per heavy atom. The van der Waals surface area contributed by atoms with Crippen molar-refractivity contribution in [2.45, 2.75) is 19.0 Å². The molecule has 5 nitrogen and oxygen atoms in total. The summed E-state index contributed by atoms with van der Waals surface area (Å²) in [7, 11) is 6.05. The summed E-state index contributed by atoms with van der Waals surface area (Å²) in [4.78, 5) is 2.15. The molecule has 19 heavy (non-hydrogen) atoms. The Balaban J connectivity index is 1.96. The van der Waals surface area contributed by atoms with Crippen molar-refractivity contribution in [3.05, 3.63) is 42.1 Å². The lowest BCUT2D eigenvalue weighted by Crippen LogP contribution is -2.32. The van der Waals surface area contributed by atoms with Gasteiger partial charge in [0.1, 0.15) is 5.76 Å². The quantitative estimate of drug-likeness (QED) is 0.864. The molecule has 2 heterocycles. The molecule has 0 aliphatic heterocycles. The Labute approximate surface area is 114 Å². The van der Waals surface area contributed by atoms with Gasteiger partial charge in [0, 0.05) is 31.4 Å². The van der Waals surface area contributed by atoms with Crippen LogP contribution in [0.3, 0.4) is 0 Å². The van der Waals surface area contributed by atoms with Crippen LogP contribution in [-0.4, -0.2) is 35.3 Å². The molecule has 2 atom stereocenters. The van der Waals surface area contributed by atoms with Crippen LogP contribution in [0, 0.1) is 0 Å². The van der Waals surface area contributed by atoms with E-state index in [0.29, 0.717) is 0 Å². The Morgan fingerprint density at radius 2 is 2.26 bits per heavy atom. The second-order valence-electron chi connectivity index (χ2n) is 5.07. The van der Waals surface area contributed by atoms with E-state index in [-0.39, 0.29) is 12.1 Å². The highest BCUT2D eigenvalue weighted by molar-refractivity contribution is 5.10.